The summed E-state index contributed by atoms with van der Waals surface area (Å²) in [5.41, 5.74) is 7.63. The number of para-hydroxylation sites is 2. The summed E-state index contributed by atoms with van der Waals surface area (Å²) in [4.78, 5) is 16.4. The zero-order valence-corrected chi connectivity index (χ0v) is 34.5. The molecule has 0 aliphatic carbocycles. The predicted octanol–water partition coefficient (Wildman–Crippen LogP) is 15.8. The van der Waals surface area contributed by atoms with Gasteiger partial charge in [-0.25, -0.2) is 15.0 Å². The molecule has 0 amide bonds. The number of furan rings is 1. The maximum atomic E-state index is 6.78. The van der Waals surface area contributed by atoms with E-state index in [0.29, 0.717) is 17.5 Å². The van der Waals surface area contributed by atoms with Gasteiger partial charge in [0.15, 0.2) is 17.5 Å². The summed E-state index contributed by atoms with van der Waals surface area (Å²) in [6, 6.07) is 64.8. The molecule has 5 nitrogen and oxygen atoms in total. The summed E-state index contributed by atoms with van der Waals surface area (Å²) in [7, 11) is 0. The first-order valence-electron chi connectivity index (χ1n) is 20.7. The van der Waals surface area contributed by atoms with Crippen molar-refractivity contribution in [2.45, 2.75) is 0 Å². The molecule has 5 heterocycles. The Bertz CT molecular complexity index is 4060. The fourth-order valence-electron chi connectivity index (χ4n) is 9.66. The van der Waals surface area contributed by atoms with E-state index in [1.807, 2.05) is 12.1 Å². The smallest absolute Gasteiger partial charge is 0.165 e. The fraction of sp³-hybridized carbons (Fsp3) is 0. The molecule has 0 N–H and O–H groups in total. The number of nitrogens with zero attached hydrogens (tertiary/aromatic N) is 4. The van der Waals surface area contributed by atoms with Crippen molar-refractivity contribution in [2.75, 3.05) is 0 Å². The summed E-state index contributed by atoms with van der Waals surface area (Å²) in [5, 5.41) is 11.6. The van der Waals surface area contributed by atoms with Gasteiger partial charge in [-0.3, -0.25) is 0 Å². The first-order chi connectivity index (χ1) is 30.7. The van der Waals surface area contributed by atoms with Crippen LogP contribution < -0.4 is 0 Å². The molecule has 5 aromatic heterocycles. The zero-order valence-electron chi connectivity index (χ0n) is 32.8. The molecule has 7 heteroatoms. The standard InChI is InChI=1S/C55H30N4OS2/c1-2-14-32-28-45-42(27-31(32)13-1)34-15-3-7-23-44(34)59(45)33-29-43(50-39-18-4-8-24-46(39)60-47(50)30-33)55-57-53(40-21-11-19-37-35-16-5-9-25-48(35)61-51(37)40)56-54(58-55)41-22-12-20-38-36-17-6-10-26-49(36)62-52(38)41/h1-30H. The van der Waals surface area contributed by atoms with Crippen molar-refractivity contribution in [1.82, 2.24) is 19.5 Å². The van der Waals surface area contributed by atoms with E-state index in [2.05, 4.69) is 174 Å². The minimum Gasteiger partial charge on any atom is -0.456 e. The highest BCUT2D eigenvalue weighted by atomic mass is 32.1. The highest BCUT2D eigenvalue weighted by Crippen LogP contribution is 2.45. The van der Waals surface area contributed by atoms with Crippen LogP contribution in [-0.2, 0) is 0 Å². The second-order valence-corrected chi connectivity index (χ2v) is 18.0. The Morgan fingerprint density at radius 1 is 0.371 bits per heavy atom. The Morgan fingerprint density at radius 2 is 0.903 bits per heavy atom. The number of aromatic nitrogens is 4. The lowest BCUT2D eigenvalue weighted by atomic mass is 10.0. The Hall–Kier alpha value is -7.71. The van der Waals surface area contributed by atoms with Crippen molar-refractivity contribution in [3.05, 3.63) is 182 Å². The molecule has 288 valence electrons. The molecule has 0 spiro atoms. The third-order valence-corrected chi connectivity index (χ3v) is 14.9. The van der Waals surface area contributed by atoms with Gasteiger partial charge in [-0.2, -0.15) is 0 Å². The molecular formula is C55H30N4OS2. The third kappa shape index (κ3) is 4.92. The summed E-state index contributed by atoms with van der Waals surface area (Å²) in [5.74, 6) is 1.86. The number of fused-ring (bicyclic) bond motifs is 13. The van der Waals surface area contributed by atoms with Crippen molar-refractivity contribution in [1.29, 1.82) is 0 Å². The van der Waals surface area contributed by atoms with E-state index in [0.717, 1.165) is 64.7 Å². The average molecular weight is 827 g/mol. The Morgan fingerprint density at radius 3 is 1.58 bits per heavy atom. The van der Waals surface area contributed by atoms with E-state index in [9.17, 15) is 0 Å². The van der Waals surface area contributed by atoms with Crippen LogP contribution in [-0.4, -0.2) is 19.5 Å². The first-order valence-corrected chi connectivity index (χ1v) is 22.3. The van der Waals surface area contributed by atoms with Crippen LogP contribution in [0.15, 0.2) is 186 Å². The molecule has 0 saturated carbocycles. The lowest BCUT2D eigenvalue weighted by Gasteiger charge is -2.13. The molecule has 62 heavy (non-hydrogen) atoms. The fourth-order valence-corrected chi connectivity index (χ4v) is 12.1. The number of hydrogen-bond acceptors (Lipinski definition) is 6. The van der Waals surface area contributed by atoms with Crippen molar-refractivity contribution >= 4 is 118 Å². The zero-order chi connectivity index (χ0) is 40.5. The van der Waals surface area contributed by atoms with E-state index < -0.39 is 0 Å². The largest absolute Gasteiger partial charge is 0.456 e. The van der Waals surface area contributed by atoms with Gasteiger partial charge in [0, 0.05) is 84.6 Å². The van der Waals surface area contributed by atoms with Crippen molar-refractivity contribution in [3.8, 4) is 39.9 Å². The molecular weight excluding hydrogens is 797 g/mol. The second kappa shape index (κ2) is 12.9. The van der Waals surface area contributed by atoms with Gasteiger partial charge in [0.2, 0.25) is 0 Å². The topological polar surface area (TPSA) is 56.7 Å². The monoisotopic (exact) mass is 826 g/mol. The minimum absolute atomic E-state index is 0.589. The van der Waals surface area contributed by atoms with E-state index in [1.54, 1.807) is 22.7 Å². The van der Waals surface area contributed by atoms with E-state index in [-0.39, 0.29) is 0 Å². The number of rotatable bonds is 4. The Balaban J connectivity index is 1.10. The van der Waals surface area contributed by atoms with Gasteiger partial charge in [0.25, 0.3) is 0 Å². The molecule has 0 fully saturated rings. The first kappa shape index (κ1) is 34.0. The summed E-state index contributed by atoms with van der Waals surface area (Å²) in [6.07, 6.45) is 0. The van der Waals surface area contributed by atoms with Gasteiger partial charge in [0.1, 0.15) is 11.2 Å². The molecule has 14 rings (SSSR count). The lowest BCUT2D eigenvalue weighted by Crippen LogP contribution is -2.02. The molecule has 0 aliphatic rings. The van der Waals surface area contributed by atoms with Gasteiger partial charge in [-0.1, -0.05) is 121 Å². The summed E-state index contributed by atoms with van der Waals surface area (Å²) < 4.78 is 13.9. The number of hydrogen-bond donors (Lipinski definition) is 0. The van der Waals surface area contributed by atoms with E-state index in [1.165, 1.54) is 52.5 Å². The van der Waals surface area contributed by atoms with E-state index >= 15 is 0 Å². The summed E-state index contributed by atoms with van der Waals surface area (Å²) in [6.45, 7) is 0. The molecule has 0 aliphatic heterocycles. The Labute approximate surface area is 361 Å². The van der Waals surface area contributed by atoms with Crippen molar-refractivity contribution < 1.29 is 4.42 Å². The lowest BCUT2D eigenvalue weighted by molar-refractivity contribution is 0.668. The SMILES string of the molecule is c1ccc2cc3c(cc2c1)c1ccccc1n3-c1cc(-c2nc(-c3cccc4c3sc3ccccc34)nc(-c3cccc4c3sc3ccccc34)n2)c2c(c1)oc1ccccc12. The van der Waals surface area contributed by atoms with Crippen LogP contribution in [0.2, 0.25) is 0 Å². The molecule has 14 aromatic rings. The van der Waals surface area contributed by atoms with Crippen LogP contribution in [0.25, 0.3) is 135 Å². The molecule has 0 unspecified atom stereocenters. The molecule has 0 saturated heterocycles. The van der Waals surface area contributed by atoms with Gasteiger partial charge in [0.05, 0.1) is 16.7 Å². The molecule has 0 radical (unpaired) electrons. The number of benzene rings is 9. The van der Waals surface area contributed by atoms with Gasteiger partial charge in [-0.15, -0.1) is 22.7 Å². The average Bonchev–Trinajstić information content (AvgIpc) is 4.09. The van der Waals surface area contributed by atoms with Crippen LogP contribution in [0, 0.1) is 0 Å². The van der Waals surface area contributed by atoms with Gasteiger partial charge in [-0.05, 0) is 65.4 Å². The Kier molecular flexibility index (Phi) is 7.08. The van der Waals surface area contributed by atoms with Crippen LogP contribution in [0.1, 0.15) is 0 Å². The van der Waals surface area contributed by atoms with Crippen LogP contribution in [0.4, 0.5) is 0 Å². The summed E-state index contributed by atoms with van der Waals surface area (Å²) >= 11 is 3.57. The third-order valence-electron chi connectivity index (χ3n) is 12.4. The van der Waals surface area contributed by atoms with Crippen LogP contribution >= 0.6 is 22.7 Å². The molecule has 0 bridgehead atoms. The van der Waals surface area contributed by atoms with Crippen molar-refractivity contribution in [2.24, 2.45) is 0 Å². The van der Waals surface area contributed by atoms with Crippen LogP contribution in [0.5, 0.6) is 0 Å². The highest BCUT2D eigenvalue weighted by Gasteiger charge is 2.24. The second-order valence-electron chi connectivity index (χ2n) is 15.9. The predicted molar refractivity (Wildman–Crippen MR) is 261 cm³/mol. The van der Waals surface area contributed by atoms with Crippen LogP contribution in [0.3, 0.4) is 0 Å². The quantitative estimate of drug-likeness (QED) is 0.177. The maximum Gasteiger partial charge on any atom is 0.165 e. The van der Waals surface area contributed by atoms with Gasteiger partial charge < -0.3 is 8.98 Å². The minimum atomic E-state index is 0.589. The highest BCUT2D eigenvalue weighted by molar-refractivity contribution is 7.26. The van der Waals surface area contributed by atoms with Gasteiger partial charge >= 0.3 is 0 Å². The maximum absolute atomic E-state index is 6.78. The normalized spacial score (nSPS) is 12.2. The van der Waals surface area contributed by atoms with E-state index in [4.69, 9.17) is 19.4 Å². The number of thiophene rings is 2. The molecule has 9 aromatic carbocycles. The molecule has 0 atom stereocenters. The van der Waals surface area contributed by atoms with Crippen molar-refractivity contribution in [3.63, 3.8) is 0 Å².